The number of rotatable bonds is 4. The van der Waals surface area contributed by atoms with Gasteiger partial charge in [0.25, 0.3) is 5.56 Å². The van der Waals surface area contributed by atoms with Crippen molar-refractivity contribution in [3.8, 4) is 0 Å². The zero-order chi connectivity index (χ0) is 19.0. The smallest absolute Gasteiger partial charge is 0.311 e. The van der Waals surface area contributed by atoms with E-state index in [9.17, 15) is 18.8 Å². The molecule has 1 aromatic carbocycles. The number of halogens is 1. The summed E-state index contributed by atoms with van der Waals surface area (Å²) in [6.45, 7) is -0.106. The molecule has 1 atom stereocenters. The highest BCUT2D eigenvalue weighted by molar-refractivity contribution is 7.15. The van der Waals surface area contributed by atoms with E-state index in [2.05, 4.69) is 4.98 Å². The third kappa shape index (κ3) is 3.33. The minimum atomic E-state index is -0.691. The molecule has 1 saturated heterocycles. The number of nitrogens with zero attached hydrogens (tertiary/aromatic N) is 3. The Morgan fingerprint density at radius 3 is 2.96 bits per heavy atom. The summed E-state index contributed by atoms with van der Waals surface area (Å²) in [6, 6.07) is 7.22. The Balaban J connectivity index is 1.43. The summed E-state index contributed by atoms with van der Waals surface area (Å²) >= 11 is 1.30. The van der Waals surface area contributed by atoms with Gasteiger partial charge in [0.1, 0.15) is 12.4 Å². The van der Waals surface area contributed by atoms with Crippen LogP contribution in [0, 0.1) is 11.7 Å². The van der Waals surface area contributed by atoms with E-state index in [4.69, 9.17) is 4.74 Å². The van der Waals surface area contributed by atoms with Crippen LogP contribution in [0.5, 0.6) is 0 Å². The van der Waals surface area contributed by atoms with Crippen LogP contribution in [-0.4, -0.2) is 27.8 Å². The molecule has 1 aliphatic heterocycles. The molecule has 0 saturated carbocycles. The summed E-state index contributed by atoms with van der Waals surface area (Å²) < 4.78 is 20.5. The molecule has 0 unspecified atom stereocenters. The Kier molecular flexibility index (Phi) is 4.44. The summed E-state index contributed by atoms with van der Waals surface area (Å²) in [6.07, 6.45) is 1.57. The first-order valence-electron chi connectivity index (χ1n) is 8.20. The highest BCUT2D eigenvalue weighted by atomic mass is 32.1. The van der Waals surface area contributed by atoms with E-state index in [0.29, 0.717) is 10.7 Å². The van der Waals surface area contributed by atoms with Crippen molar-refractivity contribution in [2.24, 2.45) is 5.92 Å². The number of carbonyl (C=O) groups is 2. The number of carbonyl (C=O) groups excluding carboxylic acids is 2. The van der Waals surface area contributed by atoms with Crippen LogP contribution in [0.15, 0.2) is 46.7 Å². The van der Waals surface area contributed by atoms with E-state index < -0.39 is 17.7 Å². The zero-order valence-corrected chi connectivity index (χ0v) is 14.8. The predicted molar refractivity (Wildman–Crippen MR) is 96.0 cm³/mol. The molecule has 27 heavy (non-hydrogen) atoms. The van der Waals surface area contributed by atoms with Crippen LogP contribution >= 0.6 is 11.3 Å². The van der Waals surface area contributed by atoms with Crippen molar-refractivity contribution in [2.75, 3.05) is 11.4 Å². The van der Waals surface area contributed by atoms with E-state index in [1.165, 1.54) is 44.9 Å². The average Bonchev–Trinajstić information content (AvgIpc) is 3.27. The van der Waals surface area contributed by atoms with Gasteiger partial charge in [-0.3, -0.25) is 18.8 Å². The fourth-order valence-electron chi connectivity index (χ4n) is 2.99. The van der Waals surface area contributed by atoms with E-state index >= 15 is 0 Å². The lowest BCUT2D eigenvalue weighted by atomic mass is 10.1. The van der Waals surface area contributed by atoms with Crippen molar-refractivity contribution >= 4 is 33.9 Å². The summed E-state index contributed by atoms with van der Waals surface area (Å²) in [7, 11) is 0. The number of thiazole rings is 1. The second kappa shape index (κ2) is 6.92. The quantitative estimate of drug-likeness (QED) is 0.640. The lowest BCUT2D eigenvalue weighted by Crippen LogP contribution is -2.27. The van der Waals surface area contributed by atoms with Gasteiger partial charge < -0.3 is 9.64 Å². The van der Waals surface area contributed by atoms with Gasteiger partial charge in [-0.2, -0.15) is 0 Å². The summed E-state index contributed by atoms with van der Waals surface area (Å²) in [4.78, 5) is 42.5. The maximum absolute atomic E-state index is 13.9. The fourth-order valence-corrected chi connectivity index (χ4v) is 3.73. The van der Waals surface area contributed by atoms with Gasteiger partial charge in [-0.15, -0.1) is 11.3 Å². The van der Waals surface area contributed by atoms with Gasteiger partial charge in [0.05, 0.1) is 17.3 Å². The van der Waals surface area contributed by atoms with Gasteiger partial charge >= 0.3 is 5.97 Å². The van der Waals surface area contributed by atoms with Gasteiger partial charge in [0.2, 0.25) is 5.91 Å². The van der Waals surface area contributed by atoms with E-state index in [0.717, 1.165) is 0 Å². The number of aromatic nitrogens is 2. The molecular formula is C18H14FN3O4S. The topological polar surface area (TPSA) is 81.0 Å². The first kappa shape index (κ1) is 17.3. The lowest BCUT2D eigenvalue weighted by Gasteiger charge is -2.17. The highest BCUT2D eigenvalue weighted by Crippen LogP contribution is 2.28. The third-order valence-electron chi connectivity index (χ3n) is 4.32. The second-order valence-electron chi connectivity index (χ2n) is 6.11. The average molecular weight is 387 g/mol. The largest absolute Gasteiger partial charge is 0.459 e. The van der Waals surface area contributed by atoms with Crippen molar-refractivity contribution in [3.05, 3.63) is 63.8 Å². The Morgan fingerprint density at radius 2 is 2.15 bits per heavy atom. The summed E-state index contributed by atoms with van der Waals surface area (Å²) in [5, 5.41) is 1.74. The Labute approximate surface area is 156 Å². The number of hydrogen-bond acceptors (Lipinski definition) is 6. The number of ether oxygens (including phenoxy) is 1. The van der Waals surface area contributed by atoms with Crippen LogP contribution in [-0.2, 0) is 20.9 Å². The summed E-state index contributed by atoms with van der Waals surface area (Å²) in [5.74, 6) is -2.12. The predicted octanol–water partition coefficient (Wildman–Crippen LogP) is 1.99. The molecule has 4 rings (SSSR count). The minimum Gasteiger partial charge on any atom is -0.459 e. The number of amides is 1. The zero-order valence-electron chi connectivity index (χ0n) is 14.0. The molecule has 0 N–H and O–H groups in total. The molecular weight excluding hydrogens is 373 g/mol. The molecule has 1 amide bonds. The Morgan fingerprint density at radius 1 is 1.33 bits per heavy atom. The van der Waals surface area contributed by atoms with Crippen LogP contribution in [0.2, 0.25) is 0 Å². The first-order valence-corrected chi connectivity index (χ1v) is 9.08. The molecule has 0 radical (unpaired) electrons. The number of para-hydroxylation sites is 1. The summed E-state index contributed by atoms with van der Waals surface area (Å²) in [5.41, 5.74) is 0.232. The van der Waals surface area contributed by atoms with Crippen molar-refractivity contribution in [3.63, 3.8) is 0 Å². The molecule has 3 aromatic rings. The second-order valence-corrected chi connectivity index (χ2v) is 6.98. The Hall–Kier alpha value is -3.07. The molecule has 1 fully saturated rings. The molecule has 7 nitrogen and oxygen atoms in total. The molecule has 0 aliphatic carbocycles. The van der Waals surface area contributed by atoms with Crippen LogP contribution in [0.1, 0.15) is 12.1 Å². The van der Waals surface area contributed by atoms with Gasteiger partial charge in [-0.1, -0.05) is 12.1 Å². The number of esters is 1. The van der Waals surface area contributed by atoms with Crippen LogP contribution in [0.25, 0.3) is 4.96 Å². The lowest BCUT2D eigenvalue weighted by molar-refractivity contribution is -0.149. The van der Waals surface area contributed by atoms with Crippen molar-refractivity contribution in [1.29, 1.82) is 0 Å². The van der Waals surface area contributed by atoms with Gasteiger partial charge in [0, 0.05) is 30.6 Å². The van der Waals surface area contributed by atoms with Crippen LogP contribution in [0.3, 0.4) is 0 Å². The maximum Gasteiger partial charge on any atom is 0.311 e. The van der Waals surface area contributed by atoms with Crippen LogP contribution < -0.4 is 10.5 Å². The van der Waals surface area contributed by atoms with Crippen LogP contribution in [0.4, 0.5) is 10.1 Å². The normalized spacial score (nSPS) is 16.9. The highest BCUT2D eigenvalue weighted by Gasteiger charge is 2.37. The SMILES string of the molecule is O=C(OCc1cc(=O)n2ccsc2n1)[C@H]1CC(=O)N(c2ccccc2F)C1. The van der Waals surface area contributed by atoms with Gasteiger partial charge in [-0.05, 0) is 12.1 Å². The molecule has 0 spiro atoms. The van der Waals surface area contributed by atoms with Crippen molar-refractivity contribution in [1.82, 2.24) is 9.38 Å². The monoisotopic (exact) mass is 387 g/mol. The Bertz CT molecular complexity index is 1090. The van der Waals surface area contributed by atoms with E-state index in [1.807, 2.05) is 0 Å². The number of fused-ring (bicyclic) bond motifs is 1. The third-order valence-corrected chi connectivity index (χ3v) is 5.08. The molecule has 1 aliphatic rings. The molecule has 9 heteroatoms. The van der Waals surface area contributed by atoms with Crippen molar-refractivity contribution in [2.45, 2.75) is 13.0 Å². The van der Waals surface area contributed by atoms with E-state index in [1.54, 1.807) is 17.6 Å². The fraction of sp³-hybridized carbons (Fsp3) is 0.222. The molecule has 138 valence electrons. The molecule has 0 bridgehead atoms. The van der Waals surface area contributed by atoms with Crippen molar-refractivity contribution < 1.29 is 18.7 Å². The van der Waals surface area contributed by atoms with Gasteiger partial charge in [0.15, 0.2) is 4.96 Å². The number of hydrogen-bond donors (Lipinski definition) is 0. The van der Waals surface area contributed by atoms with Gasteiger partial charge in [-0.25, -0.2) is 9.37 Å². The number of anilines is 1. The minimum absolute atomic E-state index is 0.0484. The standard InChI is InChI=1S/C18H14FN3O4S/c19-13-3-1-2-4-14(13)22-9-11(7-15(22)23)17(25)26-10-12-8-16(24)21-5-6-27-18(21)20-12/h1-6,8,11H,7,9-10H2/t11-/m0/s1. The molecule has 3 heterocycles. The molecule has 2 aromatic heterocycles. The van der Waals surface area contributed by atoms with E-state index in [-0.39, 0.29) is 36.7 Å². The number of benzene rings is 1. The maximum atomic E-state index is 13.9. The first-order chi connectivity index (χ1) is 13.0.